The van der Waals surface area contributed by atoms with Crippen LogP contribution in [0, 0.1) is 10.1 Å². The summed E-state index contributed by atoms with van der Waals surface area (Å²) in [4.78, 5) is 10.1. The Bertz CT molecular complexity index is 1180. The largest absolute Gasteiger partial charge is 0.456 e. The predicted octanol–water partition coefficient (Wildman–Crippen LogP) is 3.92. The maximum Gasteiger partial charge on any atom is 0.269 e. The SMILES string of the molecule is O=[N+]([O-])c1ccc(Oc2ccccc2S(=O)(=O)Nc2ccc3c(c2)OCO3)cc1. The summed E-state index contributed by atoms with van der Waals surface area (Å²) in [6.45, 7) is 0.0808. The van der Waals surface area contributed by atoms with Gasteiger partial charge in [-0.25, -0.2) is 8.42 Å². The van der Waals surface area contributed by atoms with E-state index < -0.39 is 14.9 Å². The molecule has 0 bridgehead atoms. The topological polar surface area (TPSA) is 117 Å². The van der Waals surface area contributed by atoms with Crippen molar-refractivity contribution < 1.29 is 27.6 Å². The molecule has 1 aliphatic rings. The summed E-state index contributed by atoms with van der Waals surface area (Å²) in [5, 5.41) is 10.8. The van der Waals surface area contributed by atoms with Crippen molar-refractivity contribution in [1.29, 1.82) is 0 Å². The van der Waals surface area contributed by atoms with E-state index in [-0.39, 0.29) is 28.9 Å². The highest BCUT2D eigenvalue weighted by Crippen LogP contribution is 2.36. The molecule has 0 saturated heterocycles. The van der Waals surface area contributed by atoms with Gasteiger partial charge in [0.05, 0.1) is 10.6 Å². The lowest BCUT2D eigenvalue weighted by molar-refractivity contribution is -0.384. The molecule has 0 fully saturated rings. The molecular formula is C19H14N2O7S. The van der Waals surface area contributed by atoms with Gasteiger partial charge in [-0.1, -0.05) is 12.1 Å². The Kier molecular flexibility index (Phi) is 4.69. The molecule has 0 amide bonds. The number of nitrogens with one attached hydrogen (secondary N) is 1. The van der Waals surface area contributed by atoms with Crippen LogP contribution >= 0.6 is 0 Å². The van der Waals surface area contributed by atoms with E-state index in [1.807, 2.05) is 0 Å². The highest BCUT2D eigenvalue weighted by Gasteiger charge is 2.22. The van der Waals surface area contributed by atoms with Crippen LogP contribution in [0.15, 0.2) is 71.6 Å². The second kappa shape index (κ2) is 7.32. The van der Waals surface area contributed by atoms with Crippen molar-refractivity contribution in [3.63, 3.8) is 0 Å². The van der Waals surface area contributed by atoms with E-state index in [2.05, 4.69) is 4.72 Å². The van der Waals surface area contributed by atoms with Crippen LogP contribution in [0.5, 0.6) is 23.0 Å². The van der Waals surface area contributed by atoms with Gasteiger partial charge in [-0.3, -0.25) is 14.8 Å². The number of para-hydroxylation sites is 1. The van der Waals surface area contributed by atoms with Gasteiger partial charge in [0.15, 0.2) is 11.5 Å². The molecular weight excluding hydrogens is 400 g/mol. The Morgan fingerprint density at radius 2 is 1.69 bits per heavy atom. The molecule has 9 nitrogen and oxygen atoms in total. The van der Waals surface area contributed by atoms with Gasteiger partial charge in [0.1, 0.15) is 16.4 Å². The van der Waals surface area contributed by atoms with Crippen LogP contribution in [0.1, 0.15) is 0 Å². The average molecular weight is 414 g/mol. The van der Waals surface area contributed by atoms with E-state index in [1.54, 1.807) is 24.3 Å². The molecule has 10 heteroatoms. The first-order valence-corrected chi connectivity index (χ1v) is 9.84. The summed E-state index contributed by atoms with van der Waals surface area (Å²) < 4.78 is 44.4. The number of fused-ring (bicyclic) bond motifs is 1. The van der Waals surface area contributed by atoms with Crippen molar-refractivity contribution in [3.05, 3.63) is 76.8 Å². The summed E-state index contributed by atoms with van der Waals surface area (Å²) >= 11 is 0. The molecule has 0 unspecified atom stereocenters. The molecule has 0 radical (unpaired) electrons. The molecule has 0 aliphatic carbocycles. The molecule has 4 rings (SSSR count). The van der Waals surface area contributed by atoms with Crippen molar-refractivity contribution >= 4 is 21.4 Å². The Hall–Kier alpha value is -3.79. The number of ether oxygens (including phenoxy) is 3. The number of benzene rings is 3. The lowest BCUT2D eigenvalue weighted by Gasteiger charge is -2.13. The third-order valence-corrected chi connectivity index (χ3v) is 5.46. The molecule has 1 N–H and O–H groups in total. The fourth-order valence-electron chi connectivity index (χ4n) is 2.69. The second-order valence-electron chi connectivity index (χ2n) is 5.97. The Morgan fingerprint density at radius 1 is 0.966 bits per heavy atom. The zero-order valence-electron chi connectivity index (χ0n) is 14.8. The molecule has 1 aliphatic heterocycles. The third kappa shape index (κ3) is 3.92. The minimum atomic E-state index is -3.98. The number of nitrogens with zero attached hydrogens (tertiary/aromatic N) is 1. The first-order valence-electron chi connectivity index (χ1n) is 8.36. The van der Waals surface area contributed by atoms with Crippen LogP contribution in [0.25, 0.3) is 0 Å². The first-order chi connectivity index (χ1) is 13.9. The van der Waals surface area contributed by atoms with E-state index >= 15 is 0 Å². The lowest BCUT2D eigenvalue weighted by Crippen LogP contribution is -2.13. The van der Waals surface area contributed by atoms with Crippen molar-refractivity contribution in [2.24, 2.45) is 0 Å². The molecule has 3 aromatic rings. The number of sulfonamides is 1. The lowest BCUT2D eigenvalue weighted by atomic mass is 10.3. The van der Waals surface area contributed by atoms with Crippen LogP contribution in [0.3, 0.4) is 0 Å². The van der Waals surface area contributed by atoms with E-state index in [1.165, 1.54) is 42.5 Å². The van der Waals surface area contributed by atoms with Gasteiger partial charge in [0.2, 0.25) is 6.79 Å². The predicted molar refractivity (Wildman–Crippen MR) is 103 cm³/mol. The summed E-state index contributed by atoms with van der Waals surface area (Å²) in [5.41, 5.74) is 0.210. The Labute approximate surface area is 165 Å². The quantitative estimate of drug-likeness (QED) is 0.480. The maximum absolute atomic E-state index is 12.9. The molecule has 0 saturated carbocycles. The van der Waals surface area contributed by atoms with E-state index in [0.29, 0.717) is 17.2 Å². The highest BCUT2D eigenvalue weighted by molar-refractivity contribution is 7.92. The van der Waals surface area contributed by atoms with Crippen LogP contribution in [-0.4, -0.2) is 20.1 Å². The summed E-state index contributed by atoms with van der Waals surface area (Å²) in [6, 6.07) is 16.1. The Balaban J connectivity index is 1.60. The third-order valence-electron chi connectivity index (χ3n) is 4.04. The number of hydrogen-bond acceptors (Lipinski definition) is 7. The first kappa shape index (κ1) is 18.6. The number of anilines is 1. The van der Waals surface area contributed by atoms with Gasteiger partial charge in [0.25, 0.3) is 15.7 Å². The van der Waals surface area contributed by atoms with Crippen LogP contribution in [0.4, 0.5) is 11.4 Å². The molecule has 0 atom stereocenters. The van der Waals surface area contributed by atoms with Crippen molar-refractivity contribution in [3.8, 4) is 23.0 Å². The Morgan fingerprint density at radius 3 is 2.45 bits per heavy atom. The highest BCUT2D eigenvalue weighted by atomic mass is 32.2. The fourth-order valence-corrected chi connectivity index (χ4v) is 3.87. The molecule has 148 valence electrons. The van der Waals surface area contributed by atoms with Gasteiger partial charge >= 0.3 is 0 Å². The number of rotatable bonds is 6. The normalized spacial score (nSPS) is 12.4. The van der Waals surface area contributed by atoms with Gasteiger partial charge in [-0.2, -0.15) is 0 Å². The molecule has 3 aromatic carbocycles. The smallest absolute Gasteiger partial charge is 0.269 e. The zero-order chi connectivity index (χ0) is 20.4. The standard InChI is InChI=1S/C19H14N2O7S/c22-21(23)14-6-8-15(9-7-14)28-17-3-1-2-4-19(17)29(24,25)20-13-5-10-16-18(11-13)27-12-26-16/h1-11,20H,12H2. The summed E-state index contributed by atoms with van der Waals surface area (Å²) in [5.74, 6) is 1.33. The van der Waals surface area contributed by atoms with E-state index in [9.17, 15) is 18.5 Å². The molecule has 0 spiro atoms. The summed E-state index contributed by atoms with van der Waals surface area (Å²) in [7, 11) is -3.98. The molecule has 1 heterocycles. The molecule has 29 heavy (non-hydrogen) atoms. The number of non-ortho nitro benzene ring substituents is 1. The fraction of sp³-hybridized carbons (Fsp3) is 0.0526. The number of hydrogen-bond donors (Lipinski definition) is 1. The number of nitro benzene ring substituents is 1. The minimum Gasteiger partial charge on any atom is -0.456 e. The zero-order valence-corrected chi connectivity index (χ0v) is 15.6. The van der Waals surface area contributed by atoms with Gasteiger partial charge in [-0.15, -0.1) is 0 Å². The van der Waals surface area contributed by atoms with E-state index in [0.717, 1.165) is 0 Å². The summed E-state index contributed by atoms with van der Waals surface area (Å²) in [6.07, 6.45) is 0. The maximum atomic E-state index is 12.9. The van der Waals surface area contributed by atoms with Crippen LogP contribution < -0.4 is 18.9 Å². The van der Waals surface area contributed by atoms with Gasteiger partial charge < -0.3 is 14.2 Å². The van der Waals surface area contributed by atoms with Crippen LogP contribution in [0.2, 0.25) is 0 Å². The number of nitro groups is 1. The molecule has 0 aromatic heterocycles. The average Bonchev–Trinajstić information content (AvgIpc) is 3.16. The van der Waals surface area contributed by atoms with Gasteiger partial charge in [-0.05, 0) is 36.4 Å². The second-order valence-corrected chi connectivity index (χ2v) is 7.62. The van der Waals surface area contributed by atoms with Crippen molar-refractivity contribution in [2.75, 3.05) is 11.5 Å². The van der Waals surface area contributed by atoms with Crippen molar-refractivity contribution in [2.45, 2.75) is 4.90 Å². The van der Waals surface area contributed by atoms with Crippen LogP contribution in [-0.2, 0) is 10.0 Å². The minimum absolute atomic E-state index is 0.0783. The van der Waals surface area contributed by atoms with Gasteiger partial charge in [0, 0.05) is 18.2 Å². The van der Waals surface area contributed by atoms with Crippen molar-refractivity contribution in [1.82, 2.24) is 0 Å². The monoisotopic (exact) mass is 414 g/mol. The van der Waals surface area contributed by atoms with E-state index in [4.69, 9.17) is 14.2 Å².